The van der Waals surface area contributed by atoms with Crippen molar-refractivity contribution in [2.45, 2.75) is 124 Å². The van der Waals surface area contributed by atoms with E-state index in [0.29, 0.717) is 18.6 Å². The number of ketones is 2. The van der Waals surface area contributed by atoms with Gasteiger partial charge in [0.2, 0.25) is 0 Å². The zero-order valence-corrected chi connectivity index (χ0v) is 22.7. The van der Waals surface area contributed by atoms with Gasteiger partial charge in [-0.05, 0) is 89.0 Å². The van der Waals surface area contributed by atoms with E-state index in [0.717, 1.165) is 89.0 Å². The molecule has 2 fully saturated rings. The Balaban J connectivity index is 1.80. The summed E-state index contributed by atoms with van der Waals surface area (Å²) in [4.78, 5) is 37.4. The van der Waals surface area contributed by atoms with Crippen LogP contribution in [0.1, 0.15) is 124 Å². The van der Waals surface area contributed by atoms with E-state index in [1.165, 1.54) is 0 Å². The lowest BCUT2D eigenvalue weighted by Gasteiger charge is -2.28. The van der Waals surface area contributed by atoms with Crippen molar-refractivity contribution in [2.24, 2.45) is 28.6 Å². The van der Waals surface area contributed by atoms with Crippen molar-refractivity contribution in [1.29, 1.82) is 0 Å². The highest BCUT2D eigenvalue weighted by atomic mass is 16.4. The van der Waals surface area contributed by atoms with Gasteiger partial charge in [-0.3, -0.25) is 14.4 Å². The van der Waals surface area contributed by atoms with Crippen LogP contribution in [0.2, 0.25) is 0 Å². The van der Waals surface area contributed by atoms with Crippen molar-refractivity contribution in [3.8, 4) is 0 Å². The van der Waals surface area contributed by atoms with Crippen LogP contribution in [0.5, 0.6) is 0 Å². The largest absolute Gasteiger partial charge is 0.481 e. The van der Waals surface area contributed by atoms with E-state index < -0.39 is 11.4 Å². The Morgan fingerprint density at radius 2 is 1.49 bits per heavy atom. The molecule has 0 aliphatic heterocycles. The average Bonchev–Trinajstić information content (AvgIpc) is 2.81. The summed E-state index contributed by atoms with van der Waals surface area (Å²) in [6.45, 7) is 7.89. The maximum atomic E-state index is 13.1. The lowest BCUT2D eigenvalue weighted by atomic mass is 9.75. The molecular weight excluding hydrogens is 440 g/mol. The molecule has 0 bridgehead atoms. The Kier molecular flexibility index (Phi) is 11.7. The highest BCUT2D eigenvalue weighted by Gasteiger charge is 2.32. The quantitative estimate of drug-likeness (QED) is 0.204. The van der Waals surface area contributed by atoms with Gasteiger partial charge in [0.15, 0.2) is 5.78 Å². The third-order valence-corrected chi connectivity index (χ3v) is 8.51. The normalized spacial score (nSPS) is 25.3. The molecule has 0 heterocycles. The molecule has 0 aromatic carbocycles. The summed E-state index contributed by atoms with van der Waals surface area (Å²) in [6.07, 6.45) is 15.8. The molecule has 3 unspecified atom stereocenters. The minimum atomic E-state index is -0.762. The highest BCUT2D eigenvalue weighted by Crippen LogP contribution is 2.35. The number of carbonyl (C=O) groups is 3. The van der Waals surface area contributed by atoms with Crippen molar-refractivity contribution in [2.75, 3.05) is 6.61 Å². The molecule has 5 heteroatoms. The summed E-state index contributed by atoms with van der Waals surface area (Å²) in [5, 5.41) is 18.7. The van der Waals surface area contributed by atoms with Crippen LogP contribution in [-0.4, -0.2) is 34.4 Å². The van der Waals surface area contributed by atoms with Crippen LogP contribution in [0.3, 0.4) is 0 Å². The Morgan fingerprint density at radius 3 is 2.14 bits per heavy atom. The average molecular weight is 491 g/mol. The van der Waals surface area contributed by atoms with E-state index in [2.05, 4.69) is 19.9 Å². The Hall–Kier alpha value is -1.49. The molecule has 5 nitrogen and oxygen atoms in total. The maximum absolute atomic E-state index is 13.1. The fourth-order valence-corrected chi connectivity index (χ4v) is 5.71. The van der Waals surface area contributed by atoms with Crippen LogP contribution in [0.25, 0.3) is 0 Å². The number of allylic oxidation sites excluding steroid dienone is 2. The van der Waals surface area contributed by atoms with Crippen molar-refractivity contribution in [3.63, 3.8) is 0 Å². The molecule has 35 heavy (non-hydrogen) atoms. The van der Waals surface area contributed by atoms with Crippen LogP contribution in [0.4, 0.5) is 0 Å². The van der Waals surface area contributed by atoms with Gasteiger partial charge in [-0.1, -0.05) is 52.0 Å². The van der Waals surface area contributed by atoms with Gasteiger partial charge in [-0.25, -0.2) is 0 Å². The van der Waals surface area contributed by atoms with Gasteiger partial charge in [0.1, 0.15) is 5.78 Å². The second-order valence-electron chi connectivity index (χ2n) is 12.6. The number of carboxylic acid groups (broad SMARTS) is 1. The molecule has 0 saturated heterocycles. The minimum Gasteiger partial charge on any atom is -0.481 e. The number of Topliss-reactive ketones (excluding diaryl/α,β-unsaturated/α-hetero) is 2. The monoisotopic (exact) mass is 490 g/mol. The van der Waals surface area contributed by atoms with E-state index >= 15 is 0 Å². The molecule has 2 rings (SSSR count). The van der Waals surface area contributed by atoms with Gasteiger partial charge in [-0.2, -0.15) is 0 Å². The second kappa shape index (κ2) is 13.7. The van der Waals surface area contributed by atoms with Crippen LogP contribution in [-0.2, 0) is 14.4 Å². The number of aliphatic hydroxyl groups excluding tert-OH is 1. The molecule has 0 radical (unpaired) electrons. The molecule has 2 aliphatic carbocycles. The molecule has 200 valence electrons. The zero-order chi connectivity index (χ0) is 26.1. The lowest BCUT2D eigenvalue weighted by Crippen LogP contribution is -2.29. The topological polar surface area (TPSA) is 91.7 Å². The second-order valence-corrected chi connectivity index (χ2v) is 12.6. The number of carboxylic acids is 1. The molecule has 0 aromatic rings. The number of hydrogen-bond donors (Lipinski definition) is 2. The Bertz CT molecular complexity index is 748. The van der Waals surface area contributed by atoms with Crippen LogP contribution in [0.15, 0.2) is 11.6 Å². The first-order valence-electron chi connectivity index (χ1n) is 14.1. The molecule has 3 atom stereocenters. The first kappa shape index (κ1) is 29.7. The molecule has 0 amide bonds. The van der Waals surface area contributed by atoms with Crippen LogP contribution < -0.4 is 0 Å². The van der Waals surface area contributed by atoms with Crippen molar-refractivity contribution in [3.05, 3.63) is 11.6 Å². The molecule has 2 N–H and O–H groups in total. The number of carbonyl (C=O) groups excluding carboxylic acids is 2. The number of hydrogen-bond acceptors (Lipinski definition) is 4. The first-order valence-corrected chi connectivity index (χ1v) is 14.1. The molecule has 2 saturated carbocycles. The summed E-state index contributed by atoms with van der Waals surface area (Å²) >= 11 is 0. The molecule has 0 aromatic heterocycles. The number of aliphatic carboxylic acids is 1. The predicted molar refractivity (Wildman–Crippen MR) is 140 cm³/mol. The summed E-state index contributed by atoms with van der Waals surface area (Å²) in [5.41, 5.74) is 0.181. The lowest BCUT2D eigenvalue weighted by molar-refractivity contribution is -0.147. The van der Waals surface area contributed by atoms with Gasteiger partial charge < -0.3 is 10.2 Å². The Labute approximate surface area is 213 Å². The van der Waals surface area contributed by atoms with E-state index in [1.807, 2.05) is 0 Å². The van der Waals surface area contributed by atoms with Crippen LogP contribution in [0, 0.1) is 28.6 Å². The molecular formula is C30H50O5. The van der Waals surface area contributed by atoms with Crippen LogP contribution >= 0.6 is 0 Å². The first-order chi connectivity index (χ1) is 16.5. The minimum absolute atomic E-state index is 0.0370. The third-order valence-electron chi connectivity index (χ3n) is 8.51. The van der Waals surface area contributed by atoms with Gasteiger partial charge in [-0.15, -0.1) is 0 Å². The Morgan fingerprint density at radius 1 is 0.886 bits per heavy atom. The number of unbranched alkanes of at least 4 members (excludes halogenated alkanes) is 2. The fourth-order valence-electron chi connectivity index (χ4n) is 5.71. The predicted octanol–water partition coefficient (Wildman–Crippen LogP) is 6.91. The van der Waals surface area contributed by atoms with E-state index in [1.54, 1.807) is 13.8 Å². The van der Waals surface area contributed by atoms with Gasteiger partial charge in [0.05, 0.1) is 5.41 Å². The third kappa shape index (κ3) is 9.48. The van der Waals surface area contributed by atoms with E-state index in [-0.39, 0.29) is 35.6 Å². The van der Waals surface area contributed by atoms with Gasteiger partial charge in [0.25, 0.3) is 0 Å². The number of aliphatic hydroxyl groups is 1. The highest BCUT2D eigenvalue weighted by molar-refractivity contribution is 5.98. The molecule has 0 spiro atoms. The standard InChI is InChI=1S/C30H50O5/c1-29(2,21-31)19-7-5-11-22-13-9-15-24(26(22)32)17-18-25-16-10-14-23(27(25)33)12-6-8-20-30(3,4)28(34)35/h18,22-24,31H,5-17,19-21H2,1-4H3,(H,34,35). The van der Waals surface area contributed by atoms with Crippen molar-refractivity contribution >= 4 is 17.5 Å². The fraction of sp³-hybridized carbons (Fsp3) is 0.833. The smallest absolute Gasteiger partial charge is 0.309 e. The van der Waals surface area contributed by atoms with E-state index in [4.69, 9.17) is 0 Å². The summed E-state index contributed by atoms with van der Waals surface area (Å²) in [6, 6.07) is 0. The van der Waals surface area contributed by atoms with Crippen molar-refractivity contribution < 1.29 is 24.6 Å². The summed E-state index contributed by atoms with van der Waals surface area (Å²) < 4.78 is 0. The summed E-state index contributed by atoms with van der Waals surface area (Å²) in [7, 11) is 0. The van der Waals surface area contributed by atoms with Gasteiger partial charge in [0, 0.05) is 24.4 Å². The maximum Gasteiger partial charge on any atom is 0.309 e. The number of rotatable bonds is 14. The molecule has 2 aliphatic rings. The summed E-state index contributed by atoms with van der Waals surface area (Å²) in [5.74, 6) is 0.175. The zero-order valence-electron chi connectivity index (χ0n) is 22.7. The van der Waals surface area contributed by atoms with Crippen molar-refractivity contribution in [1.82, 2.24) is 0 Å². The van der Waals surface area contributed by atoms with Gasteiger partial charge >= 0.3 is 5.97 Å². The van der Waals surface area contributed by atoms with E-state index in [9.17, 15) is 24.6 Å². The SMILES string of the molecule is CC(C)(CO)CCCCC1CCCC(CC=C2CCCC(CCCCC(C)(C)C(=O)O)C2=O)C1=O.